The third-order valence-electron chi connectivity index (χ3n) is 21.3. The van der Waals surface area contributed by atoms with E-state index in [9.17, 15) is 0 Å². The summed E-state index contributed by atoms with van der Waals surface area (Å²) in [6.07, 6.45) is 114. The Kier molecular flexibility index (Phi) is 80.7. The maximum atomic E-state index is 4.54. The van der Waals surface area contributed by atoms with Gasteiger partial charge in [-0.15, -0.1) is 35.3 Å². The number of unbranched alkanes of at least 4 members (excludes halogenated alkanes) is 75. The van der Waals surface area contributed by atoms with Gasteiger partial charge < -0.3 is 0 Å². The second kappa shape index (κ2) is 82.2. The molecule has 557 valence electrons. The summed E-state index contributed by atoms with van der Waals surface area (Å²) in [6.45, 7) is 11.5. The summed E-state index contributed by atoms with van der Waals surface area (Å²) < 4.78 is 0. The van der Waals surface area contributed by atoms with E-state index in [0.717, 1.165) is 0 Å². The van der Waals surface area contributed by atoms with Crippen LogP contribution in [0, 0.1) is 6.92 Å². The van der Waals surface area contributed by atoms with Crippen LogP contribution < -0.4 is 0 Å². The van der Waals surface area contributed by atoms with Crippen molar-refractivity contribution in [3.63, 3.8) is 0 Å². The van der Waals surface area contributed by atoms with E-state index in [1.54, 1.807) is 14.7 Å². The lowest BCUT2D eigenvalue weighted by Crippen LogP contribution is -1.92. The molecule has 0 unspecified atom stereocenters. The summed E-state index contributed by atoms with van der Waals surface area (Å²) in [6, 6.07) is 4.89. The van der Waals surface area contributed by atoms with Crippen molar-refractivity contribution in [2.24, 2.45) is 0 Å². The molecule has 0 saturated heterocycles. The standard InChI is InChI=1S/C91H175S3/c1-5-8-11-14-17-20-23-26-29-32-35-38-41-44-47-50-53-56-59-62-65-68-71-74-77-80-83-92-89-86-88(4)87-90(93-84-81-78-75-72-69-66-63-60-57-54-51-48-45-42-39-36-33-30-27-24-21-18-15-12-9-6-2)91(89)94-85-82-79-76-73-70-67-64-61-58-55-52-49-46-43-40-37-34-31-28-25-22-19-16-13-10-7-3/h86-87H,4-85H2,1-3H3. The first-order valence-corrected chi connectivity index (χ1v) is 47.6. The molecule has 1 radical (unpaired) electrons. The second-order valence-electron chi connectivity index (χ2n) is 31.0. The topological polar surface area (TPSA) is 0 Å². The van der Waals surface area contributed by atoms with Crippen molar-refractivity contribution < 1.29 is 0 Å². The lowest BCUT2D eigenvalue weighted by molar-refractivity contribution is 0.516. The van der Waals surface area contributed by atoms with Crippen LogP contribution in [0.3, 0.4) is 0 Å². The van der Waals surface area contributed by atoms with Crippen LogP contribution in [0.4, 0.5) is 0 Å². The summed E-state index contributed by atoms with van der Waals surface area (Å²) in [5.74, 6) is 3.80. The van der Waals surface area contributed by atoms with Crippen molar-refractivity contribution in [2.45, 2.75) is 536 Å². The fourth-order valence-electron chi connectivity index (χ4n) is 14.8. The van der Waals surface area contributed by atoms with Crippen LogP contribution in [0.15, 0.2) is 26.8 Å². The minimum Gasteiger partial charge on any atom is -0.125 e. The van der Waals surface area contributed by atoms with Gasteiger partial charge in [-0.1, -0.05) is 502 Å². The molecule has 0 N–H and O–H groups in total. The van der Waals surface area contributed by atoms with Crippen molar-refractivity contribution in [1.82, 2.24) is 0 Å². The Bertz CT molecular complexity index is 1440. The molecule has 1 aromatic rings. The molecule has 1 rings (SSSR count). The van der Waals surface area contributed by atoms with E-state index in [1.807, 2.05) is 0 Å². The predicted molar refractivity (Wildman–Crippen MR) is 440 cm³/mol. The average molecular weight is 1370 g/mol. The van der Waals surface area contributed by atoms with Gasteiger partial charge in [-0.2, -0.15) is 0 Å². The van der Waals surface area contributed by atoms with E-state index in [1.165, 1.54) is 524 Å². The zero-order chi connectivity index (χ0) is 67.1. The molecule has 0 atom stereocenters. The van der Waals surface area contributed by atoms with Crippen molar-refractivity contribution in [3.05, 3.63) is 24.6 Å². The highest BCUT2D eigenvalue weighted by molar-refractivity contribution is 8.03. The van der Waals surface area contributed by atoms with E-state index in [0.29, 0.717) is 0 Å². The van der Waals surface area contributed by atoms with E-state index >= 15 is 0 Å². The van der Waals surface area contributed by atoms with E-state index < -0.39 is 0 Å². The van der Waals surface area contributed by atoms with Gasteiger partial charge in [0.25, 0.3) is 0 Å². The maximum Gasteiger partial charge on any atom is 0.0344 e. The monoisotopic (exact) mass is 1360 g/mol. The molecular weight excluding hydrogens is 1190 g/mol. The molecule has 0 nitrogen and oxygen atoms in total. The summed E-state index contributed by atoms with van der Waals surface area (Å²) in [5, 5.41) is 0. The SMILES string of the molecule is [CH2]c1cc(SCCCCCCCCCCCCCCCCCCCCCCCCCCCC)c(SCCCCCCCCCCCCCCCCCCCCCCCCCCCC)c(SCCCCCCCCCCCCCCCCCCCCCCCCCCCC)c1. The Labute approximate surface area is 609 Å². The molecule has 0 amide bonds. The Morgan fingerprint density at radius 3 is 0.426 bits per heavy atom. The first kappa shape index (κ1) is 92.3. The summed E-state index contributed by atoms with van der Waals surface area (Å²) in [7, 11) is 0. The van der Waals surface area contributed by atoms with Crippen LogP contribution in [-0.4, -0.2) is 17.3 Å². The Hall–Kier alpha value is 0.270. The third-order valence-corrected chi connectivity index (χ3v) is 25.1. The van der Waals surface area contributed by atoms with Crippen LogP contribution >= 0.6 is 35.3 Å². The first-order valence-electron chi connectivity index (χ1n) is 44.6. The average Bonchev–Trinajstić information content (AvgIpc) is 1.61. The van der Waals surface area contributed by atoms with Crippen molar-refractivity contribution in [1.29, 1.82) is 0 Å². The molecule has 94 heavy (non-hydrogen) atoms. The zero-order valence-electron chi connectivity index (χ0n) is 65.4. The highest BCUT2D eigenvalue weighted by Gasteiger charge is 2.13. The summed E-state index contributed by atoms with van der Waals surface area (Å²) in [5.41, 5.74) is 1.23. The Balaban J connectivity index is 2.26. The van der Waals surface area contributed by atoms with Gasteiger partial charge in [0.2, 0.25) is 0 Å². The van der Waals surface area contributed by atoms with Crippen molar-refractivity contribution in [3.8, 4) is 0 Å². The van der Waals surface area contributed by atoms with Crippen LogP contribution in [0.25, 0.3) is 0 Å². The van der Waals surface area contributed by atoms with Gasteiger partial charge in [0.1, 0.15) is 0 Å². The van der Waals surface area contributed by atoms with Gasteiger partial charge in [0.05, 0.1) is 0 Å². The fraction of sp³-hybridized carbons (Fsp3) is 0.923. The lowest BCUT2D eigenvalue weighted by Gasteiger charge is -2.16. The van der Waals surface area contributed by atoms with Gasteiger partial charge >= 0.3 is 0 Å². The minimum absolute atomic E-state index is 1.23. The molecule has 0 heterocycles. The van der Waals surface area contributed by atoms with Gasteiger partial charge in [0.15, 0.2) is 0 Å². The molecule has 3 heteroatoms. The highest BCUT2D eigenvalue weighted by Crippen LogP contribution is 2.41. The van der Waals surface area contributed by atoms with Gasteiger partial charge in [-0.25, -0.2) is 0 Å². The minimum atomic E-state index is 1.23. The molecule has 0 aliphatic rings. The summed E-state index contributed by atoms with van der Waals surface area (Å²) >= 11 is 6.51. The summed E-state index contributed by atoms with van der Waals surface area (Å²) in [4.78, 5) is 4.69. The Morgan fingerprint density at radius 1 is 0.170 bits per heavy atom. The molecule has 0 aliphatic carbocycles. The number of rotatable bonds is 84. The highest BCUT2D eigenvalue weighted by atomic mass is 32.2. The van der Waals surface area contributed by atoms with Crippen LogP contribution in [0.5, 0.6) is 0 Å². The molecule has 0 aliphatic heterocycles. The number of hydrogen-bond donors (Lipinski definition) is 0. The molecule has 1 aromatic carbocycles. The van der Waals surface area contributed by atoms with E-state index in [2.05, 4.69) is 75.1 Å². The fourth-order valence-corrected chi connectivity index (χ4v) is 18.6. The number of thioether (sulfide) groups is 3. The normalized spacial score (nSPS) is 11.8. The molecule has 0 bridgehead atoms. The predicted octanol–water partition coefficient (Wildman–Crippen LogP) is 35.6. The van der Waals surface area contributed by atoms with E-state index in [4.69, 9.17) is 0 Å². The lowest BCUT2D eigenvalue weighted by atomic mass is 10.0. The second-order valence-corrected chi connectivity index (χ2v) is 34.4. The first-order chi connectivity index (χ1) is 46.7. The largest absolute Gasteiger partial charge is 0.125 e. The quantitative estimate of drug-likeness (QED) is 0.0471. The smallest absolute Gasteiger partial charge is 0.0344 e. The molecule has 0 saturated carbocycles. The Morgan fingerprint density at radius 2 is 0.287 bits per heavy atom. The van der Waals surface area contributed by atoms with Crippen LogP contribution in [0.1, 0.15) is 527 Å². The van der Waals surface area contributed by atoms with Crippen LogP contribution in [0.2, 0.25) is 0 Å². The molecule has 0 aromatic heterocycles. The zero-order valence-corrected chi connectivity index (χ0v) is 67.8. The van der Waals surface area contributed by atoms with Gasteiger partial charge in [0, 0.05) is 14.7 Å². The molecule has 0 spiro atoms. The van der Waals surface area contributed by atoms with Gasteiger partial charge in [-0.05, 0) is 61.1 Å². The van der Waals surface area contributed by atoms with Crippen LogP contribution in [-0.2, 0) is 0 Å². The molecular formula is C91H175S3. The van der Waals surface area contributed by atoms with E-state index in [-0.39, 0.29) is 0 Å². The van der Waals surface area contributed by atoms with Gasteiger partial charge in [-0.3, -0.25) is 0 Å². The van der Waals surface area contributed by atoms with Crippen molar-refractivity contribution >= 4 is 35.3 Å². The number of benzene rings is 1. The third kappa shape index (κ3) is 72.1. The molecule has 0 fully saturated rings. The van der Waals surface area contributed by atoms with Crippen molar-refractivity contribution in [2.75, 3.05) is 17.3 Å². The number of hydrogen-bond acceptors (Lipinski definition) is 3. The maximum absolute atomic E-state index is 4.54.